The molecule has 2 rings (SSSR count). The molecule has 0 fully saturated rings. The summed E-state index contributed by atoms with van der Waals surface area (Å²) in [4.78, 5) is 0. The van der Waals surface area contributed by atoms with E-state index in [1.54, 1.807) is 24.3 Å². The van der Waals surface area contributed by atoms with E-state index in [9.17, 15) is 0 Å². The molecule has 0 amide bonds. The first-order valence-corrected chi connectivity index (χ1v) is 6.62. The number of benzene rings is 1. The van der Waals surface area contributed by atoms with E-state index in [0.29, 0.717) is 11.3 Å². The third-order valence-corrected chi connectivity index (χ3v) is 3.15. The third kappa shape index (κ3) is 3.19. The number of nitrogens with zero attached hydrogens (tertiary/aromatic N) is 1. The largest absolute Gasteiger partial charge is 0.481 e. The van der Waals surface area contributed by atoms with Gasteiger partial charge in [0.25, 0.3) is 0 Å². The van der Waals surface area contributed by atoms with Crippen LogP contribution in [0.15, 0.2) is 40.8 Å². The van der Waals surface area contributed by atoms with Crippen LogP contribution in [-0.2, 0) is 0 Å². The molecule has 1 aromatic carbocycles. The highest BCUT2D eigenvalue weighted by atomic mass is 16.5. The lowest BCUT2D eigenvalue weighted by Gasteiger charge is -2.22. The van der Waals surface area contributed by atoms with E-state index >= 15 is 0 Å². The molecule has 20 heavy (non-hydrogen) atoms. The maximum absolute atomic E-state index is 8.79. The van der Waals surface area contributed by atoms with Gasteiger partial charge in [-0.2, -0.15) is 5.26 Å². The minimum atomic E-state index is -0.332. The number of rotatable bonds is 5. The van der Waals surface area contributed by atoms with Crippen LogP contribution in [0.1, 0.15) is 36.5 Å². The van der Waals surface area contributed by atoms with Crippen LogP contribution in [0.25, 0.3) is 0 Å². The van der Waals surface area contributed by atoms with Crippen LogP contribution in [0, 0.1) is 18.3 Å². The second-order valence-corrected chi connectivity index (χ2v) is 4.70. The fourth-order valence-electron chi connectivity index (χ4n) is 1.93. The molecular weight excluding hydrogens is 252 g/mol. The Balaban J connectivity index is 2.21. The Morgan fingerprint density at radius 2 is 1.95 bits per heavy atom. The normalized spacial score (nSPS) is 13.5. The average Bonchev–Trinajstić information content (AvgIpc) is 2.91. The van der Waals surface area contributed by atoms with Crippen LogP contribution in [0.4, 0.5) is 0 Å². The minimum absolute atomic E-state index is 0.156. The number of hydrogen-bond acceptors (Lipinski definition) is 4. The van der Waals surface area contributed by atoms with Gasteiger partial charge < -0.3 is 14.9 Å². The first-order chi connectivity index (χ1) is 9.63. The lowest BCUT2D eigenvalue weighted by atomic mass is 10.1. The fourth-order valence-corrected chi connectivity index (χ4v) is 1.93. The SMILES string of the molecule is CCC(N)C(Oc1ccc(C#N)cc1)c1ccc(C)o1. The summed E-state index contributed by atoms with van der Waals surface area (Å²) in [5.41, 5.74) is 6.72. The van der Waals surface area contributed by atoms with E-state index in [-0.39, 0.29) is 12.1 Å². The number of ether oxygens (including phenoxy) is 1. The van der Waals surface area contributed by atoms with E-state index < -0.39 is 0 Å². The molecule has 0 aliphatic rings. The highest BCUT2D eigenvalue weighted by Gasteiger charge is 2.23. The Morgan fingerprint density at radius 1 is 1.25 bits per heavy atom. The third-order valence-electron chi connectivity index (χ3n) is 3.15. The lowest BCUT2D eigenvalue weighted by Crippen LogP contribution is -2.31. The van der Waals surface area contributed by atoms with Gasteiger partial charge >= 0.3 is 0 Å². The smallest absolute Gasteiger partial charge is 0.171 e. The molecule has 1 aromatic heterocycles. The predicted octanol–water partition coefficient (Wildman–Crippen LogP) is 3.32. The zero-order valence-corrected chi connectivity index (χ0v) is 11.7. The summed E-state index contributed by atoms with van der Waals surface area (Å²) in [6.45, 7) is 3.90. The van der Waals surface area contributed by atoms with Crippen LogP contribution >= 0.6 is 0 Å². The molecule has 0 saturated heterocycles. The van der Waals surface area contributed by atoms with Crippen LogP contribution in [0.2, 0.25) is 0 Å². The van der Waals surface area contributed by atoms with Crippen molar-refractivity contribution in [1.82, 2.24) is 0 Å². The first kappa shape index (κ1) is 14.2. The number of hydrogen-bond donors (Lipinski definition) is 1. The highest BCUT2D eigenvalue weighted by Crippen LogP contribution is 2.27. The lowest BCUT2D eigenvalue weighted by molar-refractivity contribution is 0.143. The molecule has 0 saturated carbocycles. The molecule has 1 heterocycles. The van der Waals surface area contributed by atoms with Crippen LogP contribution in [0.5, 0.6) is 5.75 Å². The Morgan fingerprint density at radius 3 is 2.45 bits per heavy atom. The Kier molecular flexibility index (Phi) is 4.44. The second-order valence-electron chi connectivity index (χ2n) is 4.70. The number of nitriles is 1. The van der Waals surface area contributed by atoms with Gasteiger partial charge in [0.1, 0.15) is 17.3 Å². The van der Waals surface area contributed by atoms with Gasteiger partial charge in [-0.25, -0.2) is 0 Å². The second kappa shape index (κ2) is 6.27. The summed E-state index contributed by atoms with van der Waals surface area (Å²) in [6, 6.07) is 12.7. The summed E-state index contributed by atoms with van der Waals surface area (Å²) in [7, 11) is 0. The van der Waals surface area contributed by atoms with Gasteiger partial charge in [0.15, 0.2) is 6.10 Å². The fraction of sp³-hybridized carbons (Fsp3) is 0.312. The maximum Gasteiger partial charge on any atom is 0.171 e. The monoisotopic (exact) mass is 270 g/mol. The molecule has 0 radical (unpaired) electrons. The van der Waals surface area contributed by atoms with Crippen LogP contribution in [-0.4, -0.2) is 6.04 Å². The van der Waals surface area contributed by atoms with E-state index in [1.807, 2.05) is 26.0 Å². The Labute approximate surface area is 118 Å². The van der Waals surface area contributed by atoms with Crippen molar-refractivity contribution in [1.29, 1.82) is 5.26 Å². The van der Waals surface area contributed by atoms with Crippen molar-refractivity contribution in [2.75, 3.05) is 0 Å². The minimum Gasteiger partial charge on any atom is -0.481 e. The molecule has 2 atom stereocenters. The zero-order chi connectivity index (χ0) is 14.5. The van der Waals surface area contributed by atoms with Gasteiger partial charge in [-0.3, -0.25) is 0 Å². The van der Waals surface area contributed by atoms with Gasteiger partial charge in [0.2, 0.25) is 0 Å². The van der Waals surface area contributed by atoms with Gasteiger partial charge in [-0.05, 0) is 49.7 Å². The molecule has 0 aliphatic heterocycles. The van der Waals surface area contributed by atoms with Gasteiger partial charge in [-0.15, -0.1) is 0 Å². The van der Waals surface area contributed by atoms with Crippen molar-refractivity contribution in [2.45, 2.75) is 32.4 Å². The van der Waals surface area contributed by atoms with Crippen molar-refractivity contribution in [2.24, 2.45) is 5.73 Å². The van der Waals surface area contributed by atoms with Gasteiger partial charge in [-0.1, -0.05) is 6.92 Å². The van der Waals surface area contributed by atoms with E-state index in [0.717, 1.165) is 17.9 Å². The highest BCUT2D eigenvalue weighted by molar-refractivity contribution is 5.34. The molecule has 0 bridgehead atoms. The molecule has 0 aliphatic carbocycles. The summed E-state index contributed by atoms with van der Waals surface area (Å²) in [5, 5.41) is 8.79. The molecule has 2 unspecified atom stereocenters. The quantitative estimate of drug-likeness (QED) is 0.904. The molecule has 4 heteroatoms. The Bertz CT molecular complexity index is 596. The summed E-state index contributed by atoms with van der Waals surface area (Å²) < 4.78 is 11.6. The first-order valence-electron chi connectivity index (χ1n) is 6.62. The molecule has 2 aromatic rings. The number of furan rings is 1. The van der Waals surface area contributed by atoms with E-state index in [2.05, 4.69) is 6.07 Å². The van der Waals surface area contributed by atoms with Crippen molar-refractivity contribution in [3.05, 3.63) is 53.5 Å². The number of aryl methyl sites for hydroxylation is 1. The van der Waals surface area contributed by atoms with Crippen molar-refractivity contribution in [3.8, 4) is 11.8 Å². The predicted molar refractivity (Wildman–Crippen MR) is 76.2 cm³/mol. The summed E-state index contributed by atoms with van der Waals surface area (Å²) in [5.74, 6) is 2.23. The molecule has 0 spiro atoms. The van der Waals surface area contributed by atoms with E-state index in [1.165, 1.54) is 0 Å². The van der Waals surface area contributed by atoms with Crippen molar-refractivity contribution < 1.29 is 9.15 Å². The summed E-state index contributed by atoms with van der Waals surface area (Å²) in [6.07, 6.45) is 0.447. The van der Waals surface area contributed by atoms with Gasteiger partial charge in [0.05, 0.1) is 11.6 Å². The molecule has 4 nitrogen and oxygen atoms in total. The Hall–Kier alpha value is -2.25. The topological polar surface area (TPSA) is 72.2 Å². The number of nitrogens with two attached hydrogens (primary N) is 1. The maximum atomic E-state index is 8.79. The summed E-state index contributed by atoms with van der Waals surface area (Å²) >= 11 is 0. The molecular formula is C16H18N2O2. The standard InChI is InChI=1S/C16H18N2O2/c1-3-14(18)16(15-9-4-11(2)19-15)20-13-7-5-12(10-17)6-8-13/h4-9,14,16H,3,18H2,1-2H3. The van der Waals surface area contributed by atoms with Crippen LogP contribution in [0.3, 0.4) is 0 Å². The van der Waals surface area contributed by atoms with Crippen molar-refractivity contribution >= 4 is 0 Å². The molecule has 104 valence electrons. The van der Waals surface area contributed by atoms with Crippen molar-refractivity contribution in [3.63, 3.8) is 0 Å². The van der Waals surface area contributed by atoms with Crippen LogP contribution < -0.4 is 10.5 Å². The van der Waals surface area contributed by atoms with Gasteiger partial charge in [0, 0.05) is 6.04 Å². The van der Waals surface area contributed by atoms with E-state index in [4.69, 9.17) is 20.1 Å². The zero-order valence-electron chi connectivity index (χ0n) is 11.7. The molecule has 2 N–H and O–H groups in total. The average molecular weight is 270 g/mol.